The fourth-order valence-electron chi connectivity index (χ4n) is 2.32. The topological polar surface area (TPSA) is 44.5 Å². The zero-order chi connectivity index (χ0) is 15.1. The van der Waals surface area contributed by atoms with Crippen molar-refractivity contribution in [3.63, 3.8) is 0 Å². The summed E-state index contributed by atoms with van der Waals surface area (Å²) < 4.78 is 12.1. The summed E-state index contributed by atoms with van der Waals surface area (Å²) in [6, 6.07) is 8.38. The van der Waals surface area contributed by atoms with Gasteiger partial charge in [0.1, 0.15) is 0 Å². The van der Waals surface area contributed by atoms with Crippen LogP contribution in [-0.4, -0.2) is 18.3 Å². The molecule has 1 aromatic carbocycles. The summed E-state index contributed by atoms with van der Waals surface area (Å²) >= 11 is 0. The van der Waals surface area contributed by atoms with Crippen molar-refractivity contribution in [1.29, 1.82) is 0 Å². The maximum absolute atomic E-state index is 6.36. The van der Waals surface area contributed by atoms with Gasteiger partial charge in [-0.2, -0.15) is 0 Å². The Bertz CT molecular complexity index is 469. The molecule has 3 nitrogen and oxygen atoms in total. The fraction of sp³-hybridized carbons (Fsp3) is 0.625. The van der Waals surface area contributed by atoms with E-state index in [-0.39, 0.29) is 17.1 Å². The van der Waals surface area contributed by atoms with Crippen LogP contribution in [0.4, 0.5) is 0 Å². The standard InChI is InChI=1S/C16H26BNO2/c1-11(2)12-8-7-9-13(10-12)14(18)17-19-15(3,4)16(5,6)20-17/h7-11,14H,18H2,1-6H3/t14-/m0/s1. The second-order valence-electron chi connectivity index (χ2n) is 6.98. The van der Waals surface area contributed by atoms with E-state index in [9.17, 15) is 0 Å². The van der Waals surface area contributed by atoms with Gasteiger partial charge in [-0.3, -0.25) is 0 Å². The highest BCUT2D eigenvalue weighted by atomic mass is 16.7. The van der Waals surface area contributed by atoms with Gasteiger partial charge in [-0.05, 0) is 44.7 Å². The molecule has 0 aliphatic carbocycles. The zero-order valence-corrected chi connectivity index (χ0v) is 13.4. The normalized spacial score (nSPS) is 22.3. The zero-order valence-electron chi connectivity index (χ0n) is 13.4. The molecule has 2 rings (SSSR count). The molecule has 2 N–H and O–H groups in total. The Morgan fingerprint density at radius 1 is 1.00 bits per heavy atom. The summed E-state index contributed by atoms with van der Waals surface area (Å²) in [6.45, 7) is 12.5. The highest BCUT2D eigenvalue weighted by Crippen LogP contribution is 2.39. The molecule has 0 saturated carbocycles. The molecule has 1 fully saturated rings. The van der Waals surface area contributed by atoms with Gasteiger partial charge in [-0.15, -0.1) is 0 Å². The van der Waals surface area contributed by atoms with E-state index in [4.69, 9.17) is 15.0 Å². The number of hydrogen-bond acceptors (Lipinski definition) is 3. The summed E-state index contributed by atoms with van der Waals surface area (Å²) in [5.74, 6) is 0.218. The van der Waals surface area contributed by atoms with Crippen LogP contribution in [-0.2, 0) is 9.31 Å². The van der Waals surface area contributed by atoms with Crippen LogP contribution in [0.15, 0.2) is 24.3 Å². The number of benzene rings is 1. The van der Waals surface area contributed by atoms with Gasteiger partial charge in [0.15, 0.2) is 0 Å². The van der Waals surface area contributed by atoms with Gasteiger partial charge >= 0.3 is 7.12 Å². The lowest BCUT2D eigenvalue weighted by molar-refractivity contribution is 0.00578. The number of nitrogens with two attached hydrogens (primary N) is 1. The van der Waals surface area contributed by atoms with Gasteiger partial charge in [0.25, 0.3) is 0 Å². The molecular formula is C16H26BNO2. The first kappa shape index (κ1) is 15.6. The van der Waals surface area contributed by atoms with E-state index in [1.165, 1.54) is 5.56 Å². The molecule has 0 radical (unpaired) electrons. The molecule has 1 aromatic rings. The molecule has 0 unspecified atom stereocenters. The van der Waals surface area contributed by atoms with E-state index in [0.29, 0.717) is 5.92 Å². The molecule has 4 heteroatoms. The van der Waals surface area contributed by atoms with Crippen LogP contribution in [0.2, 0.25) is 0 Å². The molecule has 0 aromatic heterocycles. The van der Waals surface area contributed by atoms with Gasteiger partial charge < -0.3 is 15.0 Å². The molecule has 0 amide bonds. The average molecular weight is 275 g/mol. The molecule has 0 spiro atoms. The quantitative estimate of drug-likeness (QED) is 0.859. The minimum atomic E-state index is -0.401. The van der Waals surface area contributed by atoms with Gasteiger partial charge in [0.2, 0.25) is 0 Å². The lowest BCUT2D eigenvalue weighted by atomic mass is 9.74. The van der Waals surface area contributed by atoms with Crippen LogP contribution in [0, 0.1) is 0 Å². The second kappa shape index (κ2) is 5.17. The number of hydrogen-bond donors (Lipinski definition) is 1. The molecule has 1 heterocycles. The first-order valence-electron chi connectivity index (χ1n) is 7.35. The summed E-state index contributed by atoms with van der Waals surface area (Å²) in [4.78, 5) is 0. The Morgan fingerprint density at radius 2 is 1.50 bits per heavy atom. The highest BCUT2D eigenvalue weighted by molar-refractivity contribution is 6.47. The SMILES string of the molecule is CC(C)c1cccc([C@H](N)B2OC(C)(C)C(C)(C)O2)c1. The van der Waals surface area contributed by atoms with Crippen molar-refractivity contribution in [1.82, 2.24) is 0 Å². The van der Waals surface area contributed by atoms with E-state index in [2.05, 4.69) is 32.0 Å². The summed E-state index contributed by atoms with van der Waals surface area (Å²) in [5.41, 5.74) is 8.03. The molecule has 1 atom stereocenters. The molecule has 1 saturated heterocycles. The lowest BCUT2D eigenvalue weighted by Gasteiger charge is -2.32. The van der Waals surface area contributed by atoms with Crippen molar-refractivity contribution in [2.24, 2.45) is 5.73 Å². The van der Waals surface area contributed by atoms with Gasteiger partial charge in [-0.1, -0.05) is 38.1 Å². The predicted molar refractivity (Wildman–Crippen MR) is 83.5 cm³/mol. The molecule has 1 aliphatic heterocycles. The van der Waals surface area contributed by atoms with Crippen LogP contribution in [0.5, 0.6) is 0 Å². The van der Waals surface area contributed by atoms with Gasteiger partial charge in [0, 0.05) is 0 Å². The van der Waals surface area contributed by atoms with E-state index < -0.39 is 7.12 Å². The molecule has 0 bridgehead atoms. The first-order valence-corrected chi connectivity index (χ1v) is 7.35. The Labute approximate surface area is 123 Å². The smallest absolute Gasteiger partial charge is 0.402 e. The van der Waals surface area contributed by atoms with E-state index in [1.54, 1.807) is 0 Å². The van der Waals surface area contributed by atoms with E-state index >= 15 is 0 Å². The summed E-state index contributed by atoms with van der Waals surface area (Å²) in [6.07, 6.45) is 0. The first-order chi connectivity index (χ1) is 9.14. The lowest BCUT2D eigenvalue weighted by Crippen LogP contribution is -2.41. The Balaban J connectivity index is 2.21. The third kappa shape index (κ3) is 2.78. The van der Waals surface area contributed by atoms with Crippen molar-refractivity contribution in [2.75, 3.05) is 0 Å². The average Bonchev–Trinajstić information content (AvgIpc) is 2.57. The minimum absolute atomic E-state index is 0.269. The van der Waals surface area contributed by atoms with Crippen molar-refractivity contribution in [2.45, 2.75) is 64.6 Å². The Kier molecular flexibility index (Phi) is 4.02. The Hall–Kier alpha value is -0.835. The van der Waals surface area contributed by atoms with Crippen molar-refractivity contribution < 1.29 is 9.31 Å². The van der Waals surface area contributed by atoms with E-state index in [1.807, 2.05) is 33.8 Å². The monoisotopic (exact) mass is 275 g/mol. The highest BCUT2D eigenvalue weighted by Gasteiger charge is 2.53. The van der Waals surface area contributed by atoms with Crippen LogP contribution >= 0.6 is 0 Å². The Morgan fingerprint density at radius 3 is 2.00 bits per heavy atom. The molecule has 20 heavy (non-hydrogen) atoms. The number of rotatable bonds is 3. The summed E-state index contributed by atoms with van der Waals surface area (Å²) in [5, 5.41) is 0. The third-order valence-electron chi connectivity index (χ3n) is 4.53. The van der Waals surface area contributed by atoms with Crippen LogP contribution in [0.25, 0.3) is 0 Å². The maximum Gasteiger partial charge on any atom is 0.480 e. The maximum atomic E-state index is 6.36. The van der Waals surface area contributed by atoms with Crippen LogP contribution in [0.3, 0.4) is 0 Å². The fourth-order valence-corrected chi connectivity index (χ4v) is 2.32. The van der Waals surface area contributed by atoms with Crippen molar-refractivity contribution in [3.8, 4) is 0 Å². The third-order valence-corrected chi connectivity index (χ3v) is 4.53. The van der Waals surface area contributed by atoms with Crippen molar-refractivity contribution in [3.05, 3.63) is 35.4 Å². The molecular weight excluding hydrogens is 249 g/mol. The van der Waals surface area contributed by atoms with Crippen LogP contribution < -0.4 is 5.73 Å². The predicted octanol–water partition coefficient (Wildman–Crippen LogP) is 3.44. The van der Waals surface area contributed by atoms with E-state index in [0.717, 1.165) is 5.56 Å². The van der Waals surface area contributed by atoms with Gasteiger partial charge in [0.05, 0.1) is 17.1 Å². The molecule has 1 aliphatic rings. The van der Waals surface area contributed by atoms with Crippen molar-refractivity contribution >= 4 is 7.12 Å². The minimum Gasteiger partial charge on any atom is -0.402 e. The van der Waals surface area contributed by atoms with Gasteiger partial charge in [-0.25, -0.2) is 0 Å². The summed E-state index contributed by atoms with van der Waals surface area (Å²) in [7, 11) is -0.401. The largest absolute Gasteiger partial charge is 0.480 e. The van der Waals surface area contributed by atoms with Crippen LogP contribution in [0.1, 0.15) is 64.5 Å². The second-order valence-corrected chi connectivity index (χ2v) is 6.98. The molecule has 110 valence electrons.